The van der Waals surface area contributed by atoms with Crippen molar-refractivity contribution in [2.24, 2.45) is 0 Å². The first kappa shape index (κ1) is 11.3. The van der Waals surface area contributed by atoms with Crippen LogP contribution in [0.2, 0.25) is 0 Å². The Morgan fingerprint density at radius 2 is 1.94 bits per heavy atom. The highest BCUT2D eigenvalue weighted by Gasteiger charge is 2.08. The number of benzene rings is 1. The fraction of sp³-hybridized carbons (Fsp3) is 0.0769. The summed E-state index contributed by atoms with van der Waals surface area (Å²) >= 11 is 0. The van der Waals surface area contributed by atoms with E-state index in [1.165, 1.54) is 12.3 Å². The molecule has 1 aromatic carbocycles. The van der Waals surface area contributed by atoms with Gasteiger partial charge in [0.25, 0.3) is 0 Å². The quantitative estimate of drug-likeness (QED) is 0.602. The van der Waals surface area contributed by atoms with Gasteiger partial charge in [0, 0.05) is 11.8 Å². The Balaban J connectivity index is 2.00. The first-order valence-corrected chi connectivity index (χ1v) is 5.09. The second-order valence-corrected chi connectivity index (χ2v) is 3.40. The van der Waals surface area contributed by atoms with Crippen molar-refractivity contribution in [3.8, 4) is 0 Å². The van der Waals surface area contributed by atoms with Gasteiger partial charge >= 0.3 is 5.97 Å². The summed E-state index contributed by atoms with van der Waals surface area (Å²) < 4.78 is 18.1. The Labute approximate surface area is 97.9 Å². The Hall–Kier alpha value is -2.23. The van der Waals surface area contributed by atoms with Gasteiger partial charge in [0.1, 0.15) is 6.61 Å². The molecule has 0 amide bonds. The first-order valence-electron chi connectivity index (χ1n) is 5.09. The number of nitrogens with zero attached hydrogens (tertiary/aromatic N) is 1. The number of hydrogen-bond donors (Lipinski definition) is 0. The highest BCUT2D eigenvalue weighted by molar-refractivity contribution is 5.89. The minimum absolute atomic E-state index is 0.118. The van der Waals surface area contributed by atoms with Crippen LogP contribution in [0.4, 0.5) is 4.39 Å². The second kappa shape index (κ2) is 5.21. The molecule has 0 radical (unpaired) electrons. The Kier molecular flexibility index (Phi) is 3.45. The lowest BCUT2D eigenvalue weighted by Gasteiger charge is -2.04. The van der Waals surface area contributed by atoms with E-state index in [2.05, 4.69) is 4.98 Å². The zero-order valence-corrected chi connectivity index (χ0v) is 8.97. The van der Waals surface area contributed by atoms with E-state index in [0.717, 1.165) is 0 Å². The molecular weight excluding hydrogens is 221 g/mol. The van der Waals surface area contributed by atoms with Crippen molar-refractivity contribution in [2.75, 3.05) is 0 Å². The summed E-state index contributed by atoms with van der Waals surface area (Å²) in [6.07, 6.45) is 1.35. The van der Waals surface area contributed by atoms with E-state index >= 15 is 0 Å². The highest BCUT2D eigenvalue weighted by atomic mass is 19.1. The van der Waals surface area contributed by atoms with E-state index in [4.69, 9.17) is 4.74 Å². The van der Waals surface area contributed by atoms with Gasteiger partial charge in [-0.3, -0.25) is 0 Å². The number of aromatic nitrogens is 1. The molecule has 0 N–H and O–H groups in total. The zero-order valence-electron chi connectivity index (χ0n) is 8.97. The minimum Gasteiger partial charge on any atom is -0.457 e. The fourth-order valence-corrected chi connectivity index (χ4v) is 1.33. The molecular formula is C13H10FNO2. The topological polar surface area (TPSA) is 39.2 Å². The number of carbonyl (C=O) groups excluding carboxylic acids is 1. The van der Waals surface area contributed by atoms with E-state index in [1.54, 1.807) is 36.4 Å². The molecule has 3 nitrogen and oxygen atoms in total. The standard InChI is InChI=1S/C13H10FNO2/c14-12-11(7-4-8-15-12)9-17-13(16)10-5-2-1-3-6-10/h1-8H,9H2. The van der Waals surface area contributed by atoms with E-state index in [1.807, 2.05) is 0 Å². The van der Waals surface area contributed by atoms with Crippen LogP contribution in [0, 0.1) is 5.95 Å². The molecule has 2 aromatic rings. The molecule has 4 heteroatoms. The van der Waals surface area contributed by atoms with Gasteiger partial charge in [-0.15, -0.1) is 0 Å². The Bertz CT molecular complexity index is 514. The first-order chi connectivity index (χ1) is 8.27. The number of ether oxygens (including phenoxy) is 1. The van der Waals surface area contributed by atoms with Crippen molar-refractivity contribution >= 4 is 5.97 Å². The maximum absolute atomic E-state index is 13.1. The van der Waals surface area contributed by atoms with Crippen LogP contribution in [0.25, 0.3) is 0 Å². The molecule has 0 saturated carbocycles. The maximum Gasteiger partial charge on any atom is 0.338 e. The van der Waals surface area contributed by atoms with Crippen LogP contribution >= 0.6 is 0 Å². The van der Waals surface area contributed by atoms with Crippen LogP contribution in [0.5, 0.6) is 0 Å². The molecule has 0 aliphatic rings. The van der Waals surface area contributed by atoms with Gasteiger partial charge < -0.3 is 4.74 Å². The Morgan fingerprint density at radius 3 is 2.65 bits per heavy atom. The predicted octanol–water partition coefficient (Wildman–Crippen LogP) is 2.58. The lowest BCUT2D eigenvalue weighted by atomic mass is 10.2. The molecule has 1 heterocycles. The summed E-state index contributed by atoms with van der Waals surface area (Å²) in [5.74, 6) is -1.10. The highest BCUT2D eigenvalue weighted by Crippen LogP contribution is 2.07. The van der Waals surface area contributed by atoms with Crippen LogP contribution in [-0.2, 0) is 11.3 Å². The van der Waals surface area contributed by atoms with Crippen LogP contribution in [0.1, 0.15) is 15.9 Å². The maximum atomic E-state index is 13.1. The van der Waals surface area contributed by atoms with Crippen molar-refractivity contribution < 1.29 is 13.9 Å². The molecule has 0 saturated heterocycles. The largest absolute Gasteiger partial charge is 0.457 e. The summed E-state index contributed by atoms with van der Waals surface area (Å²) in [6, 6.07) is 11.7. The molecule has 0 atom stereocenters. The third-order valence-corrected chi connectivity index (χ3v) is 2.20. The van der Waals surface area contributed by atoms with Crippen molar-refractivity contribution in [1.29, 1.82) is 0 Å². The number of rotatable bonds is 3. The smallest absolute Gasteiger partial charge is 0.338 e. The predicted molar refractivity (Wildman–Crippen MR) is 59.8 cm³/mol. The molecule has 1 aromatic heterocycles. The van der Waals surface area contributed by atoms with E-state index < -0.39 is 11.9 Å². The number of carbonyl (C=O) groups is 1. The van der Waals surface area contributed by atoms with Crippen LogP contribution in [0.15, 0.2) is 48.7 Å². The summed E-state index contributed by atoms with van der Waals surface area (Å²) in [6.45, 7) is -0.118. The molecule has 0 bridgehead atoms. The van der Waals surface area contributed by atoms with Gasteiger partial charge in [-0.2, -0.15) is 4.39 Å². The third kappa shape index (κ3) is 2.87. The molecule has 0 aliphatic carbocycles. The van der Waals surface area contributed by atoms with Crippen LogP contribution < -0.4 is 0 Å². The van der Waals surface area contributed by atoms with Gasteiger partial charge in [-0.25, -0.2) is 9.78 Å². The summed E-state index contributed by atoms with van der Waals surface area (Å²) in [5, 5.41) is 0. The molecule has 0 fully saturated rings. The van der Waals surface area contributed by atoms with Gasteiger partial charge in [0.15, 0.2) is 0 Å². The van der Waals surface area contributed by atoms with Gasteiger partial charge in [0.2, 0.25) is 5.95 Å². The average molecular weight is 231 g/mol. The SMILES string of the molecule is O=C(OCc1cccnc1F)c1ccccc1. The summed E-state index contributed by atoms with van der Waals surface area (Å²) in [7, 11) is 0. The monoisotopic (exact) mass is 231 g/mol. The molecule has 0 spiro atoms. The van der Waals surface area contributed by atoms with Crippen LogP contribution in [-0.4, -0.2) is 11.0 Å². The Morgan fingerprint density at radius 1 is 1.18 bits per heavy atom. The van der Waals surface area contributed by atoms with E-state index in [0.29, 0.717) is 5.56 Å². The van der Waals surface area contributed by atoms with Crippen molar-refractivity contribution in [3.05, 3.63) is 65.7 Å². The van der Waals surface area contributed by atoms with Gasteiger partial charge in [-0.05, 0) is 24.3 Å². The average Bonchev–Trinajstić information content (AvgIpc) is 2.38. The summed E-state index contributed by atoms with van der Waals surface area (Å²) in [5.41, 5.74) is 0.702. The second-order valence-electron chi connectivity index (χ2n) is 3.40. The zero-order chi connectivity index (χ0) is 12.1. The number of esters is 1. The summed E-state index contributed by atoms with van der Waals surface area (Å²) in [4.78, 5) is 15.0. The minimum atomic E-state index is -0.617. The molecule has 2 rings (SSSR count). The molecule has 86 valence electrons. The lowest BCUT2D eigenvalue weighted by Crippen LogP contribution is -2.06. The van der Waals surface area contributed by atoms with Crippen LogP contribution in [0.3, 0.4) is 0 Å². The fourth-order valence-electron chi connectivity index (χ4n) is 1.33. The normalized spacial score (nSPS) is 9.94. The van der Waals surface area contributed by atoms with E-state index in [9.17, 15) is 9.18 Å². The molecule has 0 unspecified atom stereocenters. The number of halogens is 1. The van der Waals surface area contributed by atoms with Gasteiger partial charge in [0.05, 0.1) is 5.56 Å². The molecule has 0 aliphatic heterocycles. The van der Waals surface area contributed by atoms with Crippen molar-refractivity contribution in [3.63, 3.8) is 0 Å². The third-order valence-electron chi connectivity index (χ3n) is 2.20. The van der Waals surface area contributed by atoms with E-state index in [-0.39, 0.29) is 12.2 Å². The molecule has 17 heavy (non-hydrogen) atoms. The lowest BCUT2D eigenvalue weighted by molar-refractivity contribution is 0.0468. The number of pyridine rings is 1. The van der Waals surface area contributed by atoms with Crippen molar-refractivity contribution in [2.45, 2.75) is 6.61 Å². The number of hydrogen-bond acceptors (Lipinski definition) is 3. The van der Waals surface area contributed by atoms with Crippen molar-refractivity contribution in [1.82, 2.24) is 4.98 Å². The van der Waals surface area contributed by atoms with Gasteiger partial charge in [-0.1, -0.05) is 18.2 Å².